The second-order valence-corrected chi connectivity index (χ2v) is 7.20. The number of rotatable bonds is 10. The zero-order valence-electron chi connectivity index (χ0n) is 17.3. The molecule has 1 heterocycles. The molecule has 0 bridgehead atoms. The lowest BCUT2D eigenvalue weighted by Crippen LogP contribution is -2.17. The predicted molar refractivity (Wildman–Crippen MR) is 122 cm³/mol. The van der Waals surface area contributed by atoms with Crippen LogP contribution in [0, 0.1) is 0 Å². The summed E-state index contributed by atoms with van der Waals surface area (Å²) in [6, 6.07) is 18.3. The summed E-state index contributed by atoms with van der Waals surface area (Å²) < 4.78 is 0. The highest BCUT2D eigenvalue weighted by Gasteiger charge is 2.06. The summed E-state index contributed by atoms with van der Waals surface area (Å²) in [6.45, 7) is 0. The second-order valence-electron chi connectivity index (χ2n) is 7.20. The van der Waals surface area contributed by atoms with Crippen molar-refractivity contribution in [2.45, 2.75) is 38.5 Å². The van der Waals surface area contributed by atoms with E-state index in [4.69, 9.17) is 0 Å². The van der Waals surface area contributed by atoms with Crippen LogP contribution in [0.5, 0.6) is 5.75 Å². The monoisotopic (exact) mass is 418 g/mol. The minimum Gasteiger partial charge on any atom is -0.506 e. The first-order valence-corrected chi connectivity index (χ1v) is 10.4. The number of para-hydroxylation sites is 3. The summed E-state index contributed by atoms with van der Waals surface area (Å²) >= 11 is 0. The van der Waals surface area contributed by atoms with Gasteiger partial charge in [0.25, 0.3) is 0 Å². The SMILES string of the molecule is O=C(CCCCCCC(=O)Nc1ccccc1O)N/N=C\c1ccc2ccccc2n1. The summed E-state index contributed by atoms with van der Waals surface area (Å²) in [5.41, 5.74) is 4.51. The lowest BCUT2D eigenvalue weighted by Gasteiger charge is -2.06. The largest absolute Gasteiger partial charge is 0.506 e. The lowest BCUT2D eigenvalue weighted by molar-refractivity contribution is -0.121. The molecule has 0 atom stereocenters. The third kappa shape index (κ3) is 7.22. The topological polar surface area (TPSA) is 104 Å². The number of nitrogens with zero attached hydrogens (tertiary/aromatic N) is 2. The molecule has 0 aliphatic rings. The summed E-state index contributed by atoms with van der Waals surface area (Å²) in [4.78, 5) is 28.3. The average Bonchev–Trinajstić information content (AvgIpc) is 2.77. The number of benzene rings is 2. The van der Waals surface area contributed by atoms with Crippen LogP contribution < -0.4 is 10.7 Å². The molecule has 7 nitrogen and oxygen atoms in total. The third-order valence-corrected chi connectivity index (χ3v) is 4.74. The number of aromatic hydroxyl groups is 1. The first-order chi connectivity index (χ1) is 15.1. The van der Waals surface area contributed by atoms with Gasteiger partial charge in [0.05, 0.1) is 23.1 Å². The van der Waals surface area contributed by atoms with Crippen molar-refractivity contribution in [1.29, 1.82) is 0 Å². The molecule has 0 aliphatic carbocycles. The number of pyridine rings is 1. The second kappa shape index (κ2) is 11.4. The van der Waals surface area contributed by atoms with E-state index < -0.39 is 0 Å². The van der Waals surface area contributed by atoms with E-state index in [2.05, 4.69) is 20.8 Å². The first-order valence-electron chi connectivity index (χ1n) is 10.4. The smallest absolute Gasteiger partial charge is 0.240 e. The fourth-order valence-corrected chi connectivity index (χ4v) is 3.10. The number of aromatic nitrogens is 1. The fraction of sp³-hybridized carbons (Fsp3) is 0.250. The van der Waals surface area contributed by atoms with Gasteiger partial charge in [-0.3, -0.25) is 9.59 Å². The Kier molecular flexibility index (Phi) is 8.11. The van der Waals surface area contributed by atoms with Gasteiger partial charge < -0.3 is 10.4 Å². The Morgan fingerprint density at radius 2 is 1.58 bits per heavy atom. The minimum absolute atomic E-state index is 0.0564. The molecule has 2 aromatic carbocycles. The number of anilines is 1. The van der Waals surface area contributed by atoms with E-state index in [0.717, 1.165) is 36.6 Å². The number of fused-ring (bicyclic) bond motifs is 1. The van der Waals surface area contributed by atoms with Crippen molar-refractivity contribution in [2.24, 2.45) is 5.10 Å². The van der Waals surface area contributed by atoms with E-state index in [9.17, 15) is 14.7 Å². The molecule has 3 rings (SSSR count). The number of hydrazone groups is 1. The summed E-state index contributed by atoms with van der Waals surface area (Å²) in [6.07, 6.45) is 5.46. The quantitative estimate of drug-likeness (QED) is 0.197. The number of hydrogen-bond donors (Lipinski definition) is 3. The summed E-state index contributed by atoms with van der Waals surface area (Å²) in [7, 11) is 0. The molecule has 0 radical (unpaired) electrons. The maximum Gasteiger partial charge on any atom is 0.240 e. The minimum atomic E-state index is -0.144. The molecule has 2 amide bonds. The highest BCUT2D eigenvalue weighted by molar-refractivity contribution is 5.92. The van der Waals surface area contributed by atoms with Crippen LogP contribution in [0.2, 0.25) is 0 Å². The highest BCUT2D eigenvalue weighted by atomic mass is 16.3. The Labute approximate surface area is 181 Å². The van der Waals surface area contributed by atoms with Crippen molar-refractivity contribution in [3.05, 3.63) is 66.4 Å². The Bertz CT molecular complexity index is 1070. The predicted octanol–water partition coefficient (Wildman–Crippen LogP) is 4.37. The number of carbonyl (C=O) groups excluding carboxylic acids is 2. The van der Waals surface area contributed by atoms with Crippen LogP contribution in [-0.4, -0.2) is 28.1 Å². The van der Waals surface area contributed by atoms with Crippen LogP contribution in [0.15, 0.2) is 65.8 Å². The van der Waals surface area contributed by atoms with E-state index in [0.29, 0.717) is 24.2 Å². The number of phenolic OH excluding ortho intramolecular Hbond substituents is 1. The van der Waals surface area contributed by atoms with Gasteiger partial charge in [0.15, 0.2) is 0 Å². The Hall–Kier alpha value is -3.74. The van der Waals surface area contributed by atoms with Crippen LogP contribution in [0.3, 0.4) is 0 Å². The van der Waals surface area contributed by atoms with Crippen molar-refractivity contribution in [1.82, 2.24) is 10.4 Å². The molecule has 3 aromatic rings. The third-order valence-electron chi connectivity index (χ3n) is 4.74. The molecule has 0 saturated carbocycles. The molecule has 0 fully saturated rings. The number of hydrogen-bond acceptors (Lipinski definition) is 5. The van der Waals surface area contributed by atoms with Gasteiger partial charge >= 0.3 is 0 Å². The van der Waals surface area contributed by atoms with Gasteiger partial charge in [-0.2, -0.15) is 5.10 Å². The molecule has 0 saturated heterocycles. The first kappa shape index (κ1) is 22.0. The Morgan fingerprint density at radius 1 is 0.871 bits per heavy atom. The number of unbranched alkanes of at least 4 members (excludes halogenated alkanes) is 3. The molecule has 7 heteroatoms. The maximum atomic E-state index is 11.9. The van der Waals surface area contributed by atoms with Crippen LogP contribution >= 0.6 is 0 Å². The standard InChI is InChI=1S/C24H26N4O3/c29-22-12-8-7-11-21(22)27-23(30)13-3-1-2-4-14-24(31)28-25-17-19-16-15-18-9-5-6-10-20(18)26-19/h5-12,15-17,29H,1-4,13-14H2,(H,27,30)(H,28,31)/b25-17-. The van der Waals surface area contributed by atoms with Crippen molar-refractivity contribution in [3.63, 3.8) is 0 Å². The van der Waals surface area contributed by atoms with E-state index in [1.165, 1.54) is 12.3 Å². The van der Waals surface area contributed by atoms with E-state index in [-0.39, 0.29) is 17.6 Å². The average molecular weight is 418 g/mol. The molecular formula is C24H26N4O3. The molecule has 160 valence electrons. The van der Waals surface area contributed by atoms with Crippen LogP contribution in [0.25, 0.3) is 10.9 Å². The molecular weight excluding hydrogens is 392 g/mol. The van der Waals surface area contributed by atoms with Gasteiger partial charge in [-0.05, 0) is 37.1 Å². The van der Waals surface area contributed by atoms with Gasteiger partial charge in [0, 0.05) is 18.2 Å². The molecule has 0 spiro atoms. The van der Waals surface area contributed by atoms with E-state index in [1.807, 2.05) is 36.4 Å². The highest BCUT2D eigenvalue weighted by Crippen LogP contribution is 2.21. The van der Waals surface area contributed by atoms with Crippen molar-refractivity contribution in [3.8, 4) is 5.75 Å². The van der Waals surface area contributed by atoms with E-state index >= 15 is 0 Å². The molecule has 3 N–H and O–H groups in total. The number of amides is 2. The maximum absolute atomic E-state index is 11.9. The van der Waals surface area contributed by atoms with Crippen molar-refractivity contribution < 1.29 is 14.7 Å². The van der Waals surface area contributed by atoms with Crippen molar-refractivity contribution in [2.75, 3.05) is 5.32 Å². The zero-order valence-corrected chi connectivity index (χ0v) is 17.3. The van der Waals surface area contributed by atoms with Crippen molar-refractivity contribution >= 4 is 34.6 Å². The molecule has 0 aliphatic heterocycles. The van der Waals surface area contributed by atoms with Crippen LogP contribution in [0.1, 0.15) is 44.2 Å². The lowest BCUT2D eigenvalue weighted by atomic mass is 10.1. The van der Waals surface area contributed by atoms with Gasteiger partial charge in [-0.15, -0.1) is 0 Å². The zero-order chi connectivity index (χ0) is 21.9. The summed E-state index contributed by atoms with van der Waals surface area (Å²) in [5.74, 6) is -0.217. The molecule has 31 heavy (non-hydrogen) atoms. The number of phenols is 1. The molecule has 1 aromatic heterocycles. The fourth-order valence-electron chi connectivity index (χ4n) is 3.10. The Balaban J connectivity index is 1.27. The number of carbonyl (C=O) groups is 2. The summed E-state index contributed by atoms with van der Waals surface area (Å²) in [5, 5.41) is 17.4. The van der Waals surface area contributed by atoms with Crippen LogP contribution in [0.4, 0.5) is 5.69 Å². The number of nitrogens with one attached hydrogen (secondary N) is 2. The van der Waals surface area contributed by atoms with Gasteiger partial charge in [0.1, 0.15) is 5.75 Å². The van der Waals surface area contributed by atoms with Gasteiger partial charge in [-0.25, -0.2) is 10.4 Å². The normalized spacial score (nSPS) is 11.0. The van der Waals surface area contributed by atoms with Gasteiger partial charge in [0.2, 0.25) is 11.8 Å². The van der Waals surface area contributed by atoms with Crippen LogP contribution in [-0.2, 0) is 9.59 Å². The van der Waals surface area contributed by atoms with E-state index in [1.54, 1.807) is 18.2 Å². The molecule has 0 unspecified atom stereocenters. The van der Waals surface area contributed by atoms with Gasteiger partial charge in [-0.1, -0.05) is 49.2 Å². The Morgan fingerprint density at radius 3 is 2.39 bits per heavy atom.